The van der Waals surface area contributed by atoms with E-state index in [1.807, 2.05) is 6.92 Å². The van der Waals surface area contributed by atoms with Gasteiger partial charge in [0.05, 0.1) is 11.1 Å². The predicted molar refractivity (Wildman–Crippen MR) is 61.1 cm³/mol. The summed E-state index contributed by atoms with van der Waals surface area (Å²) in [5, 5.41) is 13.6. The molecular formula is C9H14N4O4. The van der Waals surface area contributed by atoms with Crippen LogP contribution in [0.25, 0.3) is 0 Å². The third kappa shape index (κ3) is 2.78. The van der Waals surface area contributed by atoms with Crippen molar-refractivity contribution in [1.82, 2.24) is 14.5 Å². The second kappa shape index (κ2) is 5.39. The first-order valence-electron chi connectivity index (χ1n) is 5.14. The zero-order valence-electron chi connectivity index (χ0n) is 9.67. The number of hydrogen-bond donors (Lipinski definition) is 1. The summed E-state index contributed by atoms with van der Waals surface area (Å²) >= 11 is 0. The fraction of sp³-hybridized carbons (Fsp3) is 0.556. The Bertz CT molecular complexity index is 531. The van der Waals surface area contributed by atoms with Crippen LogP contribution in [-0.4, -0.2) is 27.1 Å². The van der Waals surface area contributed by atoms with Crippen molar-refractivity contribution in [2.75, 3.05) is 13.1 Å². The molecule has 1 aromatic heterocycles. The van der Waals surface area contributed by atoms with Gasteiger partial charge in [-0.3, -0.25) is 24.0 Å². The lowest BCUT2D eigenvalue weighted by atomic mass is 10.5. The van der Waals surface area contributed by atoms with Gasteiger partial charge in [-0.25, -0.2) is 4.79 Å². The van der Waals surface area contributed by atoms with Crippen LogP contribution in [0.3, 0.4) is 0 Å². The molecule has 0 saturated heterocycles. The summed E-state index contributed by atoms with van der Waals surface area (Å²) in [6.07, 6.45) is 0.939. The van der Waals surface area contributed by atoms with Crippen molar-refractivity contribution in [1.29, 1.82) is 0 Å². The largest absolute Gasteiger partial charge is 0.350 e. The summed E-state index contributed by atoms with van der Waals surface area (Å²) in [5.41, 5.74) is -2.02. The topological polar surface area (TPSA) is 99.2 Å². The Morgan fingerprint density at radius 1 is 1.47 bits per heavy atom. The molecule has 0 aliphatic carbocycles. The molecule has 0 unspecified atom stereocenters. The van der Waals surface area contributed by atoms with Crippen LogP contribution >= 0.6 is 0 Å². The number of rotatable bonds is 5. The Morgan fingerprint density at radius 3 is 2.65 bits per heavy atom. The lowest BCUT2D eigenvalue weighted by molar-refractivity contribution is -0.387. The average molecular weight is 242 g/mol. The molecule has 0 aliphatic rings. The quantitative estimate of drug-likeness (QED) is 0.408. The predicted octanol–water partition coefficient (Wildman–Crippen LogP) is -0.935. The van der Waals surface area contributed by atoms with E-state index in [2.05, 4.69) is 5.32 Å². The second-order valence-electron chi connectivity index (χ2n) is 3.48. The molecule has 0 aliphatic heterocycles. The first-order valence-corrected chi connectivity index (χ1v) is 5.14. The molecule has 0 fully saturated rings. The van der Waals surface area contributed by atoms with Crippen molar-refractivity contribution < 1.29 is 4.92 Å². The summed E-state index contributed by atoms with van der Waals surface area (Å²) in [4.78, 5) is 33.1. The molecule has 0 amide bonds. The standard InChI is InChI=1S/C9H14N4O4/c1-3-10-4-5-12-8(14)7(13(16)17)6-11(2)9(12)15/h6,10H,3-5H2,1-2H3. The Morgan fingerprint density at radius 2 is 2.12 bits per heavy atom. The van der Waals surface area contributed by atoms with E-state index in [9.17, 15) is 19.7 Å². The van der Waals surface area contributed by atoms with Gasteiger partial charge >= 0.3 is 16.9 Å². The maximum absolute atomic E-state index is 11.7. The van der Waals surface area contributed by atoms with E-state index in [0.29, 0.717) is 13.1 Å². The normalized spacial score (nSPS) is 10.5. The minimum Gasteiger partial charge on any atom is -0.315 e. The molecule has 8 heteroatoms. The van der Waals surface area contributed by atoms with Crippen molar-refractivity contribution in [3.05, 3.63) is 37.1 Å². The Labute approximate surface area is 96.6 Å². The number of nitrogens with one attached hydrogen (secondary N) is 1. The van der Waals surface area contributed by atoms with E-state index < -0.39 is 21.9 Å². The summed E-state index contributed by atoms with van der Waals surface area (Å²) < 4.78 is 1.90. The van der Waals surface area contributed by atoms with Gasteiger partial charge in [0.15, 0.2) is 0 Å². The third-order valence-electron chi connectivity index (χ3n) is 2.27. The minimum absolute atomic E-state index is 0.112. The van der Waals surface area contributed by atoms with E-state index in [1.54, 1.807) is 0 Å². The molecule has 1 aromatic rings. The van der Waals surface area contributed by atoms with Gasteiger partial charge < -0.3 is 5.32 Å². The Kier molecular flexibility index (Phi) is 4.16. The first-order chi connectivity index (χ1) is 7.99. The number of nitrogens with zero attached hydrogens (tertiary/aromatic N) is 3. The number of nitro groups is 1. The molecule has 0 radical (unpaired) electrons. The highest BCUT2D eigenvalue weighted by Gasteiger charge is 2.17. The van der Waals surface area contributed by atoms with Crippen LogP contribution in [0.15, 0.2) is 15.8 Å². The molecule has 94 valence electrons. The number of aryl methyl sites for hydroxylation is 1. The van der Waals surface area contributed by atoms with Crippen LogP contribution in [0.2, 0.25) is 0 Å². The van der Waals surface area contributed by atoms with Gasteiger partial charge in [-0.1, -0.05) is 6.92 Å². The van der Waals surface area contributed by atoms with Crippen LogP contribution in [0.1, 0.15) is 6.92 Å². The van der Waals surface area contributed by atoms with Gasteiger partial charge in [-0.05, 0) is 6.54 Å². The van der Waals surface area contributed by atoms with Crippen molar-refractivity contribution in [3.8, 4) is 0 Å². The fourth-order valence-corrected chi connectivity index (χ4v) is 1.40. The summed E-state index contributed by atoms with van der Waals surface area (Å²) in [6.45, 7) is 3.10. The molecule has 17 heavy (non-hydrogen) atoms. The molecule has 0 aromatic carbocycles. The van der Waals surface area contributed by atoms with Crippen LogP contribution in [-0.2, 0) is 13.6 Å². The lowest BCUT2D eigenvalue weighted by Gasteiger charge is -2.06. The maximum atomic E-state index is 11.7. The maximum Gasteiger partial charge on any atom is 0.350 e. The highest BCUT2D eigenvalue weighted by atomic mass is 16.6. The van der Waals surface area contributed by atoms with Crippen LogP contribution in [0, 0.1) is 10.1 Å². The van der Waals surface area contributed by atoms with Crippen LogP contribution < -0.4 is 16.6 Å². The van der Waals surface area contributed by atoms with Gasteiger partial charge in [-0.15, -0.1) is 0 Å². The number of hydrogen-bond acceptors (Lipinski definition) is 5. The zero-order valence-corrected chi connectivity index (χ0v) is 9.67. The third-order valence-corrected chi connectivity index (χ3v) is 2.27. The van der Waals surface area contributed by atoms with E-state index in [0.717, 1.165) is 15.3 Å². The van der Waals surface area contributed by atoms with Crippen molar-refractivity contribution in [2.45, 2.75) is 13.5 Å². The molecule has 0 spiro atoms. The highest BCUT2D eigenvalue weighted by molar-refractivity contribution is 5.21. The molecule has 0 bridgehead atoms. The van der Waals surface area contributed by atoms with E-state index in [4.69, 9.17) is 0 Å². The lowest BCUT2D eigenvalue weighted by Crippen LogP contribution is -2.41. The van der Waals surface area contributed by atoms with Gasteiger partial charge in [0, 0.05) is 20.1 Å². The van der Waals surface area contributed by atoms with Crippen molar-refractivity contribution in [2.24, 2.45) is 7.05 Å². The molecule has 8 nitrogen and oxygen atoms in total. The van der Waals surface area contributed by atoms with E-state index in [1.165, 1.54) is 7.05 Å². The Balaban J connectivity index is 3.23. The number of likely N-dealkylation sites (N-methyl/N-ethyl adjacent to an activating group) is 1. The van der Waals surface area contributed by atoms with Gasteiger partial charge in [0.25, 0.3) is 0 Å². The summed E-state index contributed by atoms with van der Waals surface area (Å²) in [7, 11) is 1.37. The summed E-state index contributed by atoms with van der Waals surface area (Å²) in [6, 6.07) is 0. The summed E-state index contributed by atoms with van der Waals surface area (Å²) in [5.74, 6) is 0. The minimum atomic E-state index is -0.865. The fourth-order valence-electron chi connectivity index (χ4n) is 1.40. The van der Waals surface area contributed by atoms with Gasteiger partial charge in [0.1, 0.15) is 0 Å². The first kappa shape index (κ1) is 13.1. The highest BCUT2D eigenvalue weighted by Crippen LogP contribution is 1.98. The van der Waals surface area contributed by atoms with Crippen LogP contribution in [0.5, 0.6) is 0 Å². The Hall–Kier alpha value is -1.96. The molecule has 1 N–H and O–H groups in total. The second-order valence-corrected chi connectivity index (χ2v) is 3.48. The molecule has 0 atom stereocenters. The SMILES string of the molecule is CCNCCn1c(=O)c([N+](=O)[O-])cn(C)c1=O. The zero-order chi connectivity index (χ0) is 13.0. The molecule has 1 rings (SSSR count). The van der Waals surface area contributed by atoms with Crippen molar-refractivity contribution >= 4 is 5.69 Å². The number of aromatic nitrogens is 2. The van der Waals surface area contributed by atoms with Crippen LogP contribution in [0.4, 0.5) is 5.69 Å². The van der Waals surface area contributed by atoms with E-state index >= 15 is 0 Å². The molecular weight excluding hydrogens is 228 g/mol. The van der Waals surface area contributed by atoms with Gasteiger partial charge in [-0.2, -0.15) is 0 Å². The monoisotopic (exact) mass is 242 g/mol. The molecule has 1 heterocycles. The van der Waals surface area contributed by atoms with Crippen molar-refractivity contribution in [3.63, 3.8) is 0 Å². The molecule has 0 saturated carbocycles. The van der Waals surface area contributed by atoms with E-state index in [-0.39, 0.29) is 6.54 Å². The smallest absolute Gasteiger partial charge is 0.315 e. The average Bonchev–Trinajstić information content (AvgIpc) is 2.28. The van der Waals surface area contributed by atoms with Gasteiger partial charge in [0.2, 0.25) is 0 Å².